The number of aromatic nitrogens is 2. The monoisotopic (exact) mass is 203 g/mol. The van der Waals surface area contributed by atoms with Crippen LogP contribution in [0.3, 0.4) is 0 Å². The van der Waals surface area contributed by atoms with E-state index in [9.17, 15) is 4.79 Å². The summed E-state index contributed by atoms with van der Waals surface area (Å²) in [6.45, 7) is 5.55. The standard InChI is InChI=1S/C11H13N3O/c1-3-5-6-8(4-2)10-13-7-9(12)11(15)14-10/h3-7H,2,12H2,1H3,(H,13,14,15)/b5-3-,8-6+. The van der Waals surface area contributed by atoms with Crippen LogP contribution in [0.5, 0.6) is 0 Å². The van der Waals surface area contributed by atoms with Gasteiger partial charge in [-0.05, 0) is 6.92 Å². The maximum atomic E-state index is 11.2. The number of nitrogens with zero attached hydrogens (tertiary/aromatic N) is 1. The lowest BCUT2D eigenvalue weighted by Gasteiger charge is -2.00. The van der Waals surface area contributed by atoms with Crippen molar-refractivity contribution in [3.8, 4) is 0 Å². The van der Waals surface area contributed by atoms with Gasteiger partial charge in [0.15, 0.2) is 0 Å². The lowest BCUT2D eigenvalue weighted by molar-refractivity contribution is 1.08. The number of H-pyrrole nitrogens is 1. The van der Waals surface area contributed by atoms with Gasteiger partial charge in [0.25, 0.3) is 5.56 Å². The topological polar surface area (TPSA) is 71.8 Å². The van der Waals surface area contributed by atoms with Gasteiger partial charge in [-0.2, -0.15) is 0 Å². The lowest BCUT2D eigenvalue weighted by atomic mass is 10.2. The second kappa shape index (κ2) is 4.95. The molecule has 0 aliphatic heterocycles. The minimum absolute atomic E-state index is 0.105. The van der Waals surface area contributed by atoms with E-state index in [1.54, 1.807) is 6.08 Å². The third-order valence-corrected chi connectivity index (χ3v) is 1.79. The summed E-state index contributed by atoms with van der Waals surface area (Å²) >= 11 is 0. The molecule has 0 radical (unpaired) electrons. The molecule has 1 heterocycles. The second-order valence-corrected chi connectivity index (χ2v) is 2.87. The van der Waals surface area contributed by atoms with Crippen molar-refractivity contribution >= 4 is 11.3 Å². The fourth-order valence-electron chi connectivity index (χ4n) is 0.995. The number of allylic oxidation sites excluding steroid dienone is 5. The maximum Gasteiger partial charge on any atom is 0.274 e. The van der Waals surface area contributed by atoms with Gasteiger partial charge in [-0.1, -0.05) is 30.9 Å². The summed E-state index contributed by atoms with van der Waals surface area (Å²) in [5.74, 6) is 0.460. The highest BCUT2D eigenvalue weighted by atomic mass is 16.1. The molecule has 4 heteroatoms. The fraction of sp³-hybridized carbons (Fsp3) is 0.0909. The average Bonchev–Trinajstić information content (AvgIpc) is 2.24. The van der Waals surface area contributed by atoms with Crippen LogP contribution in [0.15, 0.2) is 41.9 Å². The molecule has 0 unspecified atom stereocenters. The Bertz CT molecular complexity index is 469. The van der Waals surface area contributed by atoms with Crippen molar-refractivity contribution in [1.82, 2.24) is 9.97 Å². The van der Waals surface area contributed by atoms with Crippen LogP contribution in [-0.4, -0.2) is 9.97 Å². The van der Waals surface area contributed by atoms with Crippen LogP contribution in [0.25, 0.3) is 5.57 Å². The Morgan fingerprint density at radius 2 is 2.40 bits per heavy atom. The molecular weight excluding hydrogens is 190 g/mol. The number of hydrogen-bond donors (Lipinski definition) is 2. The third-order valence-electron chi connectivity index (χ3n) is 1.79. The van der Waals surface area contributed by atoms with Crippen molar-refractivity contribution in [3.63, 3.8) is 0 Å². The van der Waals surface area contributed by atoms with E-state index in [0.29, 0.717) is 5.82 Å². The highest BCUT2D eigenvalue weighted by Crippen LogP contribution is 2.08. The molecule has 0 saturated carbocycles. The van der Waals surface area contributed by atoms with E-state index in [2.05, 4.69) is 16.5 Å². The van der Waals surface area contributed by atoms with Crippen molar-refractivity contribution in [2.24, 2.45) is 0 Å². The first-order valence-electron chi connectivity index (χ1n) is 4.49. The first-order chi connectivity index (χ1) is 7.19. The van der Waals surface area contributed by atoms with E-state index in [0.717, 1.165) is 5.57 Å². The molecule has 0 fully saturated rings. The van der Waals surface area contributed by atoms with Gasteiger partial charge in [-0.15, -0.1) is 0 Å². The molecular formula is C11H13N3O. The quantitative estimate of drug-likeness (QED) is 0.731. The van der Waals surface area contributed by atoms with Crippen molar-refractivity contribution < 1.29 is 0 Å². The highest BCUT2D eigenvalue weighted by Gasteiger charge is 2.01. The van der Waals surface area contributed by atoms with E-state index in [-0.39, 0.29) is 11.2 Å². The fourth-order valence-corrected chi connectivity index (χ4v) is 0.995. The van der Waals surface area contributed by atoms with Gasteiger partial charge in [0.1, 0.15) is 11.5 Å². The number of nitrogens with one attached hydrogen (secondary N) is 1. The molecule has 0 bridgehead atoms. The number of anilines is 1. The molecule has 15 heavy (non-hydrogen) atoms. The molecule has 1 aromatic rings. The number of nitrogen functional groups attached to an aromatic ring is 1. The molecule has 0 atom stereocenters. The largest absolute Gasteiger partial charge is 0.393 e. The molecule has 4 nitrogen and oxygen atoms in total. The van der Waals surface area contributed by atoms with E-state index >= 15 is 0 Å². The number of aromatic amines is 1. The van der Waals surface area contributed by atoms with Crippen molar-refractivity contribution in [1.29, 1.82) is 0 Å². The van der Waals surface area contributed by atoms with Gasteiger partial charge in [0.05, 0.1) is 6.20 Å². The zero-order valence-corrected chi connectivity index (χ0v) is 8.53. The Balaban J connectivity index is 3.19. The zero-order valence-electron chi connectivity index (χ0n) is 8.53. The first-order valence-corrected chi connectivity index (χ1v) is 4.49. The van der Waals surface area contributed by atoms with E-state index < -0.39 is 0 Å². The molecule has 78 valence electrons. The summed E-state index contributed by atoms with van der Waals surface area (Å²) in [6, 6.07) is 0. The summed E-state index contributed by atoms with van der Waals surface area (Å²) in [7, 11) is 0. The van der Waals surface area contributed by atoms with E-state index in [4.69, 9.17) is 5.73 Å². The van der Waals surface area contributed by atoms with Gasteiger partial charge >= 0.3 is 0 Å². The van der Waals surface area contributed by atoms with E-state index in [1.807, 2.05) is 25.2 Å². The minimum atomic E-state index is -0.340. The highest BCUT2D eigenvalue weighted by molar-refractivity contribution is 5.70. The molecule has 1 aromatic heterocycles. The van der Waals surface area contributed by atoms with Crippen LogP contribution >= 0.6 is 0 Å². The molecule has 0 aliphatic rings. The van der Waals surface area contributed by atoms with Crippen LogP contribution in [-0.2, 0) is 0 Å². The van der Waals surface area contributed by atoms with Crippen molar-refractivity contribution in [3.05, 3.63) is 53.3 Å². The van der Waals surface area contributed by atoms with Crippen LogP contribution in [0.2, 0.25) is 0 Å². The van der Waals surface area contributed by atoms with Crippen LogP contribution < -0.4 is 11.3 Å². The Morgan fingerprint density at radius 3 is 2.93 bits per heavy atom. The SMILES string of the molecule is C=C/C(=C\C=C/C)c1ncc(N)c(=O)[nH]1. The lowest BCUT2D eigenvalue weighted by Crippen LogP contribution is -2.14. The van der Waals surface area contributed by atoms with Gasteiger partial charge in [-0.3, -0.25) is 4.79 Å². The first kappa shape index (κ1) is 11.0. The van der Waals surface area contributed by atoms with Crippen LogP contribution in [0.1, 0.15) is 12.7 Å². The number of hydrogen-bond acceptors (Lipinski definition) is 3. The molecule has 0 spiro atoms. The van der Waals surface area contributed by atoms with Gasteiger partial charge < -0.3 is 10.7 Å². The smallest absolute Gasteiger partial charge is 0.274 e. The Kier molecular flexibility index (Phi) is 3.62. The summed E-state index contributed by atoms with van der Waals surface area (Å²) in [6.07, 6.45) is 8.48. The van der Waals surface area contributed by atoms with Crippen molar-refractivity contribution in [2.45, 2.75) is 6.92 Å². The molecule has 1 rings (SSSR count). The average molecular weight is 203 g/mol. The Labute approximate surface area is 87.9 Å². The summed E-state index contributed by atoms with van der Waals surface area (Å²) in [5, 5.41) is 0. The molecule has 3 N–H and O–H groups in total. The normalized spacial score (nSPS) is 11.9. The van der Waals surface area contributed by atoms with Gasteiger partial charge in [-0.25, -0.2) is 4.98 Å². The molecule has 0 amide bonds. The molecule has 0 aromatic carbocycles. The second-order valence-electron chi connectivity index (χ2n) is 2.87. The number of rotatable bonds is 3. The molecule has 0 aliphatic carbocycles. The predicted octanol–water partition coefficient (Wildman–Crippen LogP) is 1.50. The summed E-state index contributed by atoms with van der Waals surface area (Å²) in [5.41, 5.74) is 5.87. The zero-order chi connectivity index (χ0) is 11.3. The minimum Gasteiger partial charge on any atom is -0.393 e. The maximum absolute atomic E-state index is 11.2. The van der Waals surface area contributed by atoms with Crippen molar-refractivity contribution in [2.75, 3.05) is 5.73 Å². The number of nitrogens with two attached hydrogens (primary N) is 1. The van der Waals surface area contributed by atoms with Gasteiger partial charge in [0, 0.05) is 5.57 Å². The third kappa shape index (κ3) is 2.67. The van der Waals surface area contributed by atoms with Crippen LogP contribution in [0, 0.1) is 0 Å². The predicted molar refractivity (Wildman–Crippen MR) is 62.3 cm³/mol. The Morgan fingerprint density at radius 1 is 1.67 bits per heavy atom. The summed E-state index contributed by atoms with van der Waals surface area (Å²) in [4.78, 5) is 17.8. The van der Waals surface area contributed by atoms with E-state index in [1.165, 1.54) is 6.20 Å². The molecule has 0 saturated heterocycles. The van der Waals surface area contributed by atoms with Gasteiger partial charge in [0.2, 0.25) is 0 Å². The summed E-state index contributed by atoms with van der Waals surface area (Å²) < 4.78 is 0. The van der Waals surface area contributed by atoms with Crippen LogP contribution in [0.4, 0.5) is 5.69 Å². The Hall–Kier alpha value is -2.10.